The molecule has 0 aliphatic rings. The minimum atomic E-state index is -0.122. The van der Waals surface area contributed by atoms with Gasteiger partial charge in [0.15, 0.2) is 0 Å². The largest absolute Gasteiger partial charge is 0.374 e. The normalized spacial score (nSPS) is 19.4. The lowest BCUT2D eigenvalue weighted by atomic mass is 9.92. The zero-order chi connectivity index (χ0) is 8.91. The molecule has 0 rings (SSSR count). The fourth-order valence-corrected chi connectivity index (χ4v) is 1.23. The van der Waals surface area contributed by atoms with Gasteiger partial charge in [0.25, 0.3) is 0 Å². The van der Waals surface area contributed by atoms with E-state index < -0.39 is 0 Å². The van der Waals surface area contributed by atoms with Crippen molar-refractivity contribution in [3.63, 3.8) is 0 Å². The molecule has 68 valence electrons. The first kappa shape index (κ1) is 10.9. The van der Waals surface area contributed by atoms with Gasteiger partial charge in [0.2, 0.25) is 0 Å². The fourth-order valence-electron chi connectivity index (χ4n) is 1.23. The van der Waals surface area contributed by atoms with E-state index in [0.29, 0.717) is 0 Å². The molecule has 0 amide bonds. The van der Waals surface area contributed by atoms with Crippen LogP contribution in [0.25, 0.3) is 0 Å². The van der Waals surface area contributed by atoms with Crippen molar-refractivity contribution in [1.29, 1.82) is 0 Å². The van der Waals surface area contributed by atoms with E-state index in [9.17, 15) is 0 Å². The standard InChI is InChI=1S/C9H21NO/c1-5-8(10)9(4,6-2)11-7-3/h8H,5-7,10H2,1-4H3. The highest BCUT2D eigenvalue weighted by atomic mass is 16.5. The highest BCUT2D eigenvalue weighted by molar-refractivity contribution is 4.84. The summed E-state index contributed by atoms with van der Waals surface area (Å²) in [5, 5.41) is 0. The van der Waals surface area contributed by atoms with Crippen LogP contribution < -0.4 is 5.73 Å². The summed E-state index contributed by atoms with van der Waals surface area (Å²) < 4.78 is 5.61. The number of hydrogen-bond acceptors (Lipinski definition) is 2. The molecule has 0 heterocycles. The molecule has 11 heavy (non-hydrogen) atoms. The van der Waals surface area contributed by atoms with Crippen LogP contribution in [0.3, 0.4) is 0 Å². The Hall–Kier alpha value is -0.0800. The van der Waals surface area contributed by atoms with Gasteiger partial charge >= 0.3 is 0 Å². The van der Waals surface area contributed by atoms with Crippen molar-refractivity contribution in [2.45, 2.75) is 52.2 Å². The van der Waals surface area contributed by atoms with E-state index in [0.717, 1.165) is 19.4 Å². The number of rotatable bonds is 5. The number of nitrogens with two attached hydrogens (primary N) is 1. The highest BCUT2D eigenvalue weighted by Crippen LogP contribution is 2.20. The SMILES string of the molecule is CCOC(C)(CC)C(N)CC. The number of hydrogen-bond donors (Lipinski definition) is 1. The van der Waals surface area contributed by atoms with Crippen LogP contribution in [0.5, 0.6) is 0 Å². The second-order valence-corrected chi connectivity index (χ2v) is 3.11. The maximum absolute atomic E-state index is 5.92. The van der Waals surface area contributed by atoms with Gasteiger partial charge in [0.05, 0.1) is 5.60 Å². The Kier molecular flexibility index (Phi) is 4.69. The van der Waals surface area contributed by atoms with Crippen LogP contribution >= 0.6 is 0 Å². The minimum absolute atomic E-state index is 0.122. The molecule has 0 saturated carbocycles. The van der Waals surface area contributed by atoms with Crippen LogP contribution in [0.2, 0.25) is 0 Å². The molecule has 0 aliphatic heterocycles. The monoisotopic (exact) mass is 159 g/mol. The lowest BCUT2D eigenvalue weighted by Gasteiger charge is -2.33. The molecule has 2 nitrogen and oxygen atoms in total. The first-order valence-corrected chi connectivity index (χ1v) is 4.50. The average molecular weight is 159 g/mol. The van der Waals surface area contributed by atoms with E-state index in [4.69, 9.17) is 10.5 Å². The third-order valence-corrected chi connectivity index (χ3v) is 2.40. The topological polar surface area (TPSA) is 35.2 Å². The van der Waals surface area contributed by atoms with Gasteiger partial charge in [-0.2, -0.15) is 0 Å². The van der Waals surface area contributed by atoms with Crippen molar-refractivity contribution in [2.75, 3.05) is 6.61 Å². The van der Waals surface area contributed by atoms with E-state index in [1.807, 2.05) is 6.92 Å². The Morgan fingerprint density at radius 2 is 1.91 bits per heavy atom. The molecule has 0 aromatic heterocycles. The van der Waals surface area contributed by atoms with Crippen LogP contribution in [0.1, 0.15) is 40.5 Å². The second kappa shape index (κ2) is 4.73. The Morgan fingerprint density at radius 1 is 1.36 bits per heavy atom. The molecule has 0 aromatic rings. The Morgan fingerprint density at radius 3 is 2.18 bits per heavy atom. The predicted molar refractivity (Wildman–Crippen MR) is 48.6 cm³/mol. The van der Waals surface area contributed by atoms with Crippen LogP contribution in [-0.4, -0.2) is 18.2 Å². The van der Waals surface area contributed by atoms with Gasteiger partial charge in [-0.1, -0.05) is 13.8 Å². The zero-order valence-corrected chi connectivity index (χ0v) is 8.18. The first-order valence-electron chi connectivity index (χ1n) is 4.50. The summed E-state index contributed by atoms with van der Waals surface area (Å²) in [5.74, 6) is 0. The van der Waals surface area contributed by atoms with Gasteiger partial charge < -0.3 is 10.5 Å². The van der Waals surface area contributed by atoms with Crippen molar-refractivity contribution in [3.8, 4) is 0 Å². The Balaban J connectivity index is 4.07. The van der Waals surface area contributed by atoms with Crippen LogP contribution in [0.4, 0.5) is 0 Å². The lowest BCUT2D eigenvalue weighted by molar-refractivity contribution is -0.0469. The minimum Gasteiger partial charge on any atom is -0.374 e. The van der Waals surface area contributed by atoms with E-state index in [1.165, 1.54) is 0 Å². The molecule has 0 bridgehead atoms. The Labute approximate surface area is 70.1 Å². The molecule has 0 spiro atoms. The van der Waals surface area contributed by atoms with Crippen molar-refractivity contribution < 1.29 is 4.74 Å². The maximum atomic E-state index is 5.92. The van der Waals surface area contributed by atoms with E-state index >= 15 is 0 Å². The quantitative estimate of drug-likeness (QED) is 0.665. The highest BCUT2D eigenvalue weighted by Gasteiger charge is 2.28. The molecule has 0 saturated heterocycles. The first-order chi connectivity index (χ1) is 5.10. The van der Waals surface area contributed by atoms with Gasteiger partial charge in [-0.05, 0) is 26.7 Å². The van der Waals surface area contributed by atoms with Crippen molar-refractivity contribution >= 4 is 0 Å². The molecule has 2 atom stereocenters. The smallest absolute Gasteiger partial charge is 0.0801 e. The Bertz CT molecular complexity index is 106. The van der Waals surface area contributed by atoms with E-state index in [2.05, 4.69) is 20.8 Å². The predicted octanol–water partition coefficient (Wildman–Crippen LogP) is 1.93. The molecule has 0 fully saturated rings. The van der Waals surface area contributed by atoms with Gasteiger partial charge in [-0.3, -0.25) is 0 Å². The average Bonchev–Trinajstić information content (AvgIpc) is 2.03. The second-order valence-electron chi connectivity index (χ2n) is 3.11. The van der Waals surface area contributed by atoms with Crippen molar-refractivity contribution in [1.82, 2.24) is 0 Å². The fraction of sp³-hybridized carbons (Fsp3) is 1.00. The van der Waals surface area contributed by atoms with Crippen LogP contribution in [0.15, 0.2) is 0 Å². The van der Waals surface area contributed by atoms with Gasteiger partial charge in [0, 0.05) is 12.6 Å². The van der Waals surface area contributed by atoms with E-state index in [1.54, 1.807) is 0 Å². The lowest BCUT2D eigenvalue weighted by Crippen LogP contribution is -2.46. The van der Waals surface area contributed by atoms with E-state index in [-0.39, 0.29) is 11.6 Å². The molecular weight excluding hydrogens is 138 g/mol. The number of ether oxygens (including phenoxy) is 1. The van der Waals surface area contributed by atoms with Crippen LogP contribution in [-0.2, 0) is 4.74 Å². The third kappa shape index (κ3) is 2.80. The molecular formula is C9H21NO. The van der Waals surface area contributed by atoms with Crippen LogP contribution in [0, 0.1) is 0 Å². The van der Waals surface area contributed by atoms with Gasteiger partial charge in [0.1, 0.15) is 0 Å². The summed E-state index contributed by atoms with van der Waals surface area (Å²) in [6.45, 7) is 9.06. The van der Waals surface area contributed by atoms with Gasteiger partial charge in [-0.15, -0.1) is 0 Å². The molecule has 2 N–H and O–H groups in total. The maximum Gasteiger partial charge on any atom is 0.0801 e. The molecule has 0 aromatic carbocycles. The summed E-state index contributed by atoms with van der Waals surface area (Å²) in [7, 11) is 0. The summed E-state index contributed by atoms with van der Waals surface area (Å²) in [4.78, 5) is 0. The molecule has 2 heteroatoms. The summed E-state index contributed by atoms with van der Waals surface area (Å²) in [6, 6.07) is 0.160. The summed E-state index contributed by atoms with van der Waals surface area (Å²) in [5.41, 5.74) is 5.80. The van der Waals surface area contributed by atoms with Crippen molar-refractivity contribution in [2.24, 2.45) is 5.73 Å². The van der Waals surface area contributed by atoms with Crippen molar-refractivity contribution in [3.05, 3.63) is 0 Å². The molecule has 0 aliphatic carbocycles. The summed E-state index contributed by atoms with van der Waals surface area (Å²) in [6.07, 6.45) is 1.96. The third-order valence-electron chi connectivity index (χ3n) is 2.40. The summed E-state index contributed by atoms with van der Waals surface area (Å²) >= 11 is 0. The molecule has 0 radical (unpaired) electrons. The van der Waals surface area contributed by atoms with Gasteiger partial charge in [-0.25, -0.2) is 0 Å². The zero-order valence-electron chi connectivity index (χ0n) is 8.18. The molecule has 2 unspecified atom stereocenters.